The van der Waals surface area contributed by atoms with Crippen molar-refractivity contribution in [2.75, 3.05) is 12.0 Å². The summed E-state index contributed by atoms with van der Waals surface area (Å²) >= 11 is 11.2. The topological polar surface area (TPSA) is 67.9 Å². The summed E-state index contributed by atoms with van der Waals surface area (Å²) in [5.41, 5.74) is 2.07. The fourth-order valence-corrected chi connectivity index (χ4v) is 3.68. The molecule has 6 nitrogen and oxygen atoms in total. The maximum absolute atomic E-state index is 13.1. The highest BCUT2D eigenvalue weighted by Gasteiger charge is 2.34. The first-order chi connectivity index (χ1) is 16.0. The number of amides is 2. The molecule has 1 fully saturated rings. The Hall–Kier alpha value is -3.68. The zero-order valence-electron chi connectivity index (χ0n) is 17.6. The Morgan fingerprint density at radius 2 is 1.73 bits per heavy atom. The van der Waals surface area contributed by atoms with E-state index in [0.29, 0.717) is 34.4 Å². The summed E-state index contributed by atoms with van der Waals surface area (Å²) in [7, 11) is 1.53. The lowest BCUT2D eigenvalue weighted by Gasteiger charge is -2.29. The van der Waals surface area contributed by atoms with Gasteiger partial charge in [-0.2, -0.15) is 0 Å². The lowest BCUT2D eigenvalue weighted by molar-refractivity contribution is -0.122. The van der Waals surface area contributed by atoms with Crippen molar-refractivity contribution in [1.82, 2.24) is 5.32 Å². The number of rotatable bonds is 6. The monoisotopic (exact) mass is 478 g/mol. The molecule has 0 spiro atoms. The molecule has 166 valence electrons. The number of carbonyl (C=O) groups excluding carboxylic acids is 2. The molecule has 0 unspecified atom stereocenters. The van der Waals surface area contributed by atoms with Crippen molar-refractivity contribution in [1.29, 1.82) is 0 Å². The largest absolute Gasteiger partial charge is 0.493 e. The second-order valence-corrected chi connectivity index (χ2v) is 7.94. The molecule has 1 aliphatic rings. The second-order valence-electron chi connectivity index (χ2n) is 7.12. The van der Waals surface area contributed by atoms with Crippen LogP contribution in [0.15, 0.2) is 78.4 Å². The molecule has 1 saturated heterocycles. The fourth-order valence-electron chi connectivity index (χ4n) is 3.28. The fraction of sp³-hybridized carbons (Fsp3) is 0.0800. The highest BCUT2D eigenvalue weighted by molar-refractivity contribution is 7.80. The van der Waals surface area contributed by atoms with Crippen LogP contribution in [0.3, 0.4) is 0 Å². The number of thiocarbonyl (C=S) groups is 1. The molecule has 0 saturated carbocycles. The Bertz CT molecular complexity index is 1240. The van der Waals surface area contributed by atoms with Crippen LogP contribution in [0.1, 0.15) is 11.1 Å². The number of carbonyl (C=O) groups is 2. The summed E-state index contributed by atoms with van der Waals surface area (Å²) in [6, 6.07) is 21.5. The molecule has 1 aliphatic heterocycles. The Labute approximate surface area is 201 Å². The summed E-state index contributed by atoms with van der Waals surface area (Å²) < 4.78 is 11.3. The molecule has 4 rings (SSSR count). The molecule has 33 heavy (non-hydrogen) atoms. The third-order valence-electron chi connectivity index (χ3n) is 4.92. The number of nitrogens with one attached hydrogen (secondary N) is 1. The lowest BCUT2D eigenvalue weighted by Crippen LogP contribution is -2.54. The van der Waals surface area contributed by atoms with Gasteiger partial charge in [0.2, 0.25) is 0 Å². The third kappa shape index (κ3) is 5.05. The average Bonchev–Trinajstić information content (AvgIpc) is 2.82. The first-order valence-electron chi connectivity index (χ1n) is 9.98. The van der Waals surface area contributed by atoms with Gasteiger partial charge in [0.1, 0.15) is 12.2 Å². The maximum Gasteiger partial charge on any atom is 0.270 e. The number of hydrogen-bond donors (Lipinski definition) is 1. The SMILES string of the molecule is COc1cc(/C=C2\C(=O)NC(=S)N(c3ccc(Cl)cc3)C2=O)ccc1OCc1ccccc1. The van der Waals surface area contributed by atoms with Crippen molar-refractivity contribution in [3.63, 3.8) is 0 Å². The zero-order valence-corrected chi connectivity index (χ0v) is 19.2. The third-order valence-corrected chi connectivity index (χ3v) is 5.46. The van der Waals surface area contributed by atoms with E-state index in [4.69, 9.17) is 33.3 Å². The van der Waals surface area contributed by atoms with E-state index in [2.05, 4.69) is 5.32 Å². The first-order valence-corrected chi connectivity index (χ1v) is 10.8. The van der Waals surface area contributed by atoms with Crippen molar-refractivity contribution < 1.29 is 19.1 Å². The van der Waals surface area contributed by atoms with Crippen molar-refractivity contribution in [2.45, 2.75) is 6.61 Å². The molecule has 0 aliphatic carbocycles. The Morgan fingerprint density at radius 3 is 2.42 bits per heavy atom. The van der Waals surface area contributed by atoms with Gasteiger partial charge in [-0.3, -0.25) is 19.8 Å². The number of nitrogens with zero attached hydrogens (tertiary/aromatic N) is 1. The van der Waals surface area contributed by atoms with Crippen LogP contribution in [-0.2, 0) is 16.2 Å². The first kappa shape index (κ1) is 22.5. The van der Waals surface area contributed by atoms with Gasteiger partial charge < -0.3 is 9.47 Å². The van der Waals surface area contributed by atoms with Crippen LogP contribution in [0.4, 0.5) is 5.69 Å². The van der Waals surface area contributed by atoms with E-state index in [1.165, 1.54) is 18.1 Å². The van der Waals surface area contributed by atoms with Crippen LogP contribution in [0.5, 0.6) is 11.5 Å². The van der Waals surface area contributed by atoms with Crippen LogP contribution in [-0.4, -0.2) is 24.0 Å². The molecule has 1 heterocycles. The van der Waals surface area contributed by atoms with E-state index >= 15 is 0 Å². The van der Waals surface area contributed by atoms with Crippen LogP contribution in [0.25, 0.3) is 6.08 Å². The number of ether oxygens (including phenoxy) is 2. The molecule has 0 aromatic heterocycles. The van der Waals surface area contributed by atoms with E-state index in [1.807, 2.05) is 30.3 Å². The van der Waals surface area contributed by atoms with Crippen molar-refractivity contribution in [2.24, 2.45) is 0 Å². The molecule has 8 heteroatoms. The van der Waals surface area contributed by atoms with Crippen molar-refractivity contribution in [3.05, 3.63) is 94.5 Å². The number of benzene rings is 3. The van der Waals surface area contributed by atoms with Crippen LogP contribution < -0.4 is 19.7 Å². The molecular weight excluding hydrogens is 460 g/mol. The number of methoxy groups -OCH3 is 1. The standard InChI is InChI=1S/C25H19ClN2O4S/c1-31-22-14-17(7-12-21(22)32-15-16-5-3-2-4-6-16)13-20-23(29)27-25(33)28(24(20)30)19-10-8-18(26)9-11-19/h2-14H,15H2,1H3,(H,27,29,33)/b20-13+. The summed E-state index contributed by atoms with van der Waals surface area (Å²) in [4.78, 5) is 26.9. The van der Waals surface area contributed by atoms with Gasteiger partial charge in [-0.25, -0.2) is 0 Å². The van der Waals surface area contributed by atoms with Gasteiger partial charge in [0, 0.05) is 5.02 Å². The van der Waals surface area contributed by atoms with Crippen LogP contribution >= 0.6 is 23.8 Å². The summed E-state index contributed by atoms with van der Waals surface area (Å²) in [5.74, 6) is -0.0750. The normalized spacial score (nSPS) is 14.9. The van der Waals surface area contributed by atoms with Crippen LogP contribution in [0.2, 0.25) is 5.02 Å². The predicted octanol–water partition coefficient (Wildman–Crippen LogP) is 4.76. The molecule has 0 bridgehead atoms. The Kier molecular flexibility index (Phi) is 6.72. The highest BCUT2D eigenvalue weighted by atomic mass is 35.5. The quantitative estimate of drug-likeness (QED) is 0.314. The lowest BCUT2D eigenvalue weighted by atomic mass is 10.1. The molecule has 3 aromatic rings. The summed E-state index contributed by atoms with van der Waals surface area (Å²) in [5, 5.41) is 3.09. The van der Waals surface area contributed by atoms with Gasteiger partial charge in [-0.1, -0.05) is 48.0 Å². The maximum atomic E-state index is 13.1. The van der Waals surface area contributed by atoms with E-state index in [9.17, 15) is 9.59 Å². The van der Waals surface area contributed by atoms with E-state index < -0.39 is 11.8 Å². The minimum Gasteiger partial charge on any atom is -0.493 e. The minimum absolute atomic E-state index is 0.00622. The van der Waals surface area contributed by atoms with E-state index in [1.54, 1.807) is 42.5 Å². The van der Waals surface area contributed by atoms with Gasteiger partial charge in [0.15, 0.2) is 16.6 Å². The van der Waals surface area contributed by atoms with Gasteiger partial charge in [0.05, 0.1) is 12.8 Å². The average molecular weight is 479 g/mol. The number of halogens is 1. The van der Waals surface area contributed by atoms with Crippen molar-refractivity contribution in [3.8, 4) is 11.5 Å². The number of anilines is 1. The molecule has 2 amide bonds. The molecule has 1 N–H and O–H groups in total. The Morgan fingerprint density at radius 1 is 1.00 bits per heavy atom. The Balaban J connectivity index is 1.60. The molecule has 0 radical (unpaired) electrons. The van der Waals surface area contributed by atoms with Gasteiger partial charge >= 0.3 is 0 Å². The predicted molar refractivity (Wildman–Crippen MR) is 131 cm³/mol. The second kappa shape index (κ2) is 9.85. The summed E-state index contributed by atoms with van der Waals surface area (Å²) in [6.07, 6.45) is 1.49. The minimum atomic E-state index is -0.571. The highest BCUT2D eigenvalue weighted by Crippen LogP contribution is 2.30. The van der Waals surface area contributed by atoms with Crippen molar-refractivity contribution >= 4 is 52.5 Å². The molecule has 0 atom stereocenters. The van der Waals surface area contributed by atoms with Gasteiger partial charge in [-0.05, 0) is 65.8 Å². The van der Waals surface area contributed by atoms with E-state index in [0.717, 1.165) is 5.56 Å². The number of hydrogen-bond acceptors (Lipinski definition) is 5. The van der Waals surface area contributed by atoms with Gasteiger partial charge in [0.25, 0.3) is 11.8 Å². The summed E-state index contributed by atoms with van der Waals surface area (Å²) in [6.45, 7) is 0.381. The molecule has 3 aromatic carbocycles. The molecular formula is C25H19ClN2O4S. The van der Waals surface area contributed by atoms with E-state index in [-0.39, 0.29) is 10.7 Å². The smallest absolute Gasteiger partial charge is 0.270 e. The van der Waals surface area contributed by atoms with Crippen LogP contribution in [0, 0.1) is 0 Å². The van der Waals surface area contributed by atoms with Gasteiger partial charge in [-0.15, -0.1) is 0 Å². The zero-order chi connectivity index (χ0) is 23.4.